The van der Waals surface area contributed by atoms with E-state index in [-0.39, 0.29) is 5.41 Å². The van der Waals surface area contributed by atoms with Gasteiger partial charge in [0.1, 0.15) is 16.8 Å². The summed E-state index contributed by atoms with van der Waals surface area (Å²) in [5, 5.41) is 3.68. The van der Waals surface area contributed by atoms with E-state index in [9.17, 15) is 0 Å². The van der Waals surface area contributed by atoms with Crippen molar-refractivity contribution in [3.8, 4) is 12.3 Å². The highest BCUT2D eigenvalue weighted by atomic mass is 35.5. The van der Waals surface area contributed by atoms with Crippen LogP contribution in [0.4, 0.5) is 5.82 Å². The van der Waals surface area contributed by atoms with Crippen molar-refractivity contribution < 1.29 is 0 Å². The fraction of sp³-hybridized carbons (Fsp3) is 0.538. The second kappa shape index (κ2) is 5.37. The lowest BCUT2D eigenvalue weighted by molar-refractivity contribution is 0.545. The van der Waals surface area contributed by atoms with Crippen molar-refractivity contribution in [1.29, 1.82) is 0 Å². The highest BCUT2D eigenvalue weighted by molar-refractivity contribution is 6.30. The summed E-state index contributed by atoms with van der Waals surface area (Å²) in [6.07, 6.45) is 5.87. The summed E-state index contributed by atoms with van der Waals surface area (Å²) in [7, 11) is 0. The van der Waals surface area contributed by atoms with Crippen LogP contribution in [0, 0.1) is 19.3 Å². The molecule has 1 aromatic heterocycles. The molecule has 1 rings (SSSR count). The molecule has 1 heterocycles. The van der Waals surface area contributed by atoms with Gasteiger partial charge in [0, 0.05) is 23.9 Å². The first-order chi connectivity index (χ1) is 7.86. The van der Waals surface area contributed by atoms with Crippen LogP contribution in [-0.2, 0) is 5.41 Å². The van der Waals surface area contributed by atoms with Gasteiger partial charge in [-0.2, -0.15) is 0 Å². The maximum Gasteiger partial charge on any atom is 0.137 e. The van der Waals surface area contributed by atoms with Crippen molar-refractivity contribution in [2.24, 2.45) is 0 Å². The summed E-state index contributed by atoms with van der Waals surface area (Å²) in [4.78, 5) is 8.81. The molecule has 0 saturated carbocycles. The van der Waals surface area contributed by atoms with Crippen LogP contribution in [0.5, 0.6) is 0 Å². The van der Waals surface area contributed by atoms with E-state index in [0.29, 0.717) is 18.1 Å². The van der Waals surface area contributed by atoms with E-state index < -0.39 is 0 Å². The number of terminal acetylenes is 1. The second-order valence-corrected chi connectivity index (χ2v) is 5.30. The van der Waals surface area contributed by atoms with Crippen molar-refractivity contribution in [3.63, 3.8) is 0 Å². The van der Waals surface area contributed by atoms with Crippen molar-refractivity contribution in [3.05, 3.63) is 16.5 Å². The van der Waals surface area contributed by atoms with Gasteiger partial charge in [0.05, 0.1) is 0 Å². The Morgan fingerprint density at radius 1 is 1.35 bits per heavy atom. The van der Waals surface area contributed by atoms with Gasteiger partial charge in [-0.1, -0.05) is 32.4 Å². The van der Waals surface area contributed by atoms with Gasteiger partial charge >= 0.3 is 0 Å². The number of aromatic nitrogens is 2. The molecular weight excluding hydrogens is 234 g/mol. The summed E-state index contributed by atoms with van der Waals surface area (Å²) >= 11 is 6.11. The molecular formula is C13H18ClN3. The van der Waals surface area contributed by atoms with E-state index in [1.54, 1.807) is 0 Å². The number of nitrogens with zero attached hydrogens (tertiary/aromatic N) is 2. The average Bonchev–Trinajstić information content (AvgIpc) is 2.22. The first-order valence-corrected chi connectivity index (χ1v) is 5.96. The fourth-order valence-corrected chi connectivity index (χ4v) is 1.42. The molecule has 3 nitrogen and oxygen atoms in total. The number of rotatable bonds is 3. The number of hydrogen-bond acceptors (Lipinski definition) is 3. The van der Waals surface area contributed by atoms with Crippen molar-refractivity contribution in [2.75, 3.05) is 11.9 Å². The van der Waals surface area contributed by atoms with Crippen LogP contribution in [0.1, 0.15) is 38.6 Å². The molecule has 0 amide bonds. The minimum Gasteiger partial charge on any atom is -0.369 e. The number of hydrogen-bond donors (Lipinski definition) is 1. The maximum atomic E-state index is 6.11. The van der Waals surface area contributed by atoms with Gasteiger partial charge in [-0.25, -0.2) is 9.97 Å². The largest absolute Gasteiger partial charge is 0.369 e. The van der Waals surface area contributed by atoms with Gasteiger partial charge in [0.15, 0.2) is 0 Å². The molecule has 0 radical (unpaired) electrons. The van der Waals surface area contributed by atoms with E-state index in [4.69, 9.17) is 18.0 Å². The van der Waals surface area contributed by atoms with Crippen molar-refractivity contribution >= 4 is 17.4 Å². The molecule has 0 saturated heterocycles. The molecule has 0 aliphatic heterocycles. The number of nitrogens with one attached hydrogen (secondary N) is 1. The predicted octanol–water partition coefficient (Wildman–Crippen LogP) is 3.17. The van der Waals surface area contributed by atoms with E-state index in [1.165, 1.54) is 0 Å². The van der Waals surface area contributed by atoms with Gasteiger partial charge in [-0.05, 0) is 6.92 Å². The molecule has 1 aromatic rings. The lowest BCUT2D eigenvalue weighted by atomic mass is 9.95. The third kappa shape index (κ3) is 3.61. The van der Waals surface area contributed by atoms with Crippen LogP contribution in [0.3, 0.4) is 0 Å². The highest BCUT2D eigenvalue weighted by Gasteiger charge is 2.20. The third-order valence-corrected chi connectivity index (χ3v) is 2.69. The third-order valence-electron chi connectivity index (χ3n) is 2.32. The minimum atomic E-state index is -0.125. The summed E-state index contributed by atoms with van der Waals surface area (Å²) in [5.74, 6) is 4.08. The average molecular weight is 252 g/mol. The zero-order chi connectivity index (χ0) is 13.1. The Morgan fingerprint density at radius 2 is 2.00 bits per heavy atom. The first-order valence-electron chi connectivity index (χ1n) is 5.58. The van der Waals surface area contributed by atoms with Crippen LogP contribution < -0.4 is 5.32 Å². The molecule has 0 spiro atoms. The maximum absolute atomic E-state index is 6.11. The smallest absolute Gasteiger partial charge is 0.137 e. The number of halogens is 1. The monoisotopic (exact) mass is 251 g/mol. The molecule has 0 fully saturated rings. The summed E-state index contributed by atoms with van der Waals surface area (Å²) in [5.41, 5.74) is 0.733. The molecule has 92 valence electrons. The Kier molecular flexibility index (Phi) is 4.36. The van der Waals surface area contributed by atoms with Crippen molar-refractivity contribution in [2.45, 2.75) is 39.5 Å². The topological polar surface area (TPSA) is 37.8 Å². The lowest BCUT2D eigenvalue weighted by Crippen LogP contribution is -2.18. The van der Waals surface area contributed by atoms with Gasteiger partial charge in [-0.15, -0.1) is 12.3 Å². The van der Waals surface area contributed by atoms with E-state index in [2.05, 4.69) is 42.0 Å². The van der Waals surface area contributed by atoms with Crippen LogP contribution in [-0.4, -0.2) is 16.5 Å². The highest BCUT2D eigenvalue weighted by Crippen LogP contribution is 2.25. The Bertz CT molecular complexity index is 441. The van der Waals surface area contributed by atoms with Crippen molar-refractivity contribution in [1.82, 2.24) is 9.97 Å². The van der Waals surface area contributed by atoms with Gasteiger partial charge in [0.2, 0.25) is 0 Å². The SMILES string of the molecule is C#CCCNc1nc(C(C)(C)C)nc(Cl)c1C. The van der Waals surface area contributed by atoms with Crippen LogP contribution >= 0.6 is 11.6 Å². The summed E-state index contributed by atoms with van der Waals surface area (Å²) in [6, 6.07) is 0. The standard InChI is InChI=1S/C13H18ClN3/c1-6-7-8-15-11-9(2)10(14)16-12(17-11)13(3,4)5/h1H,7-8H2,2-5H3,(H,15,16,17). The number of anilines is 1. The fourth-order valence-electron chi connectivity index (χ4n) is 1.25. The quantitative estimate of drug-likeness (QED) is 0.509. The molecule has 0 aliphatic carbocycles. The lowest BCUT2D eigenvalue weighted by Gasteiger charge is -2.19. The van der Waals surface area contributed by atoms with Crippen LogP contribution in [0.15, 0.2) is 0 Å². The van der Waals surface area contributed by atoms with E-state index >= 15 is 0 Å². The van der Waals surface area contributed by atoms with E-state index in [0.717, 1.165) is 17.2 Å². The molecule has 0 aromatic carbocycles. The normalized spacial score (nSPS) is 11.1. The minimum absolute atomic E-state index is 0.125. The molecule has 17 heavy (non-hydrogen) atoms. The molecule has 4 heteroatoms. The Balaban J connectivity index is 3.04. The zero-order valence-corrected chi connectivity index (χ0v) is 11.5. The van der Waals surface area contributed by atoms with Crippen LogP contribution in [0.25, 0.3) is 0 Å². The Labute approximate surface area is 108 Å². The van der Waals surface area contributed by atoms with Gasteiger partial charge < -0.3 is 5.32 Å². The predicted molar refractivity (Wildman–Crippen MR) is 72.4 cm³/mol. The van der Waals surface area contributed by atoms with Crippen LogP contribution in [0.2, 0.25) is 5.15 Å². The summed E-state index contributed by atoms with van der Waals surface area (Å²) in [6.45, 7) is 8.75. The zero-order valence-electron chi connectivity index (χ0n) is 10.8. The van der Waals surface area contributed by atoms with Gasteiger partial charge in [-0.3, -0.25) is 0 Å². The molecule has 0 unspecified atom stereocenters. The molecule has 0 atom stereocenters. The summed E-state index contributed by atoms with van der Waals surface area (Å²) < 4.78 is 0. The van der Waals surface area contributed by atoms with Gasteiger partial charge in [0.25, 0.3) is 0 Å². The van der Waals surface area contributed by atoms with E-state index in [1.807, 2.05) is 6.92 Å². The molecule has 0 aliphatic rings. The Morgan fingerprint density at radius 3 is 2.53 bits per heavy atom. The molecule has 0 bridgehead atoms. The first kappa shape index (κ1) is 13.8. The molecule has 1 N–H and O–H groups in total. The second-order valence-electron chi connectivity index (χ2n) is 4.94. The Hall–Kier alpha value is -1.27.